The number of aryl methyl sites for hydroxylation is 2. The number of amides is 1. The van der Waals surface area contributed by atoms with Crippen LogP contribution in [0.15, 0.2) is 29.3 Å². The summed E-state index contributed by atoms with van der Waals surface area (Å²) >= 11 is 1.58. The largest absolute Gasteiger partial charge is 0.388 e. The quantitative estimate of drug-likeness (QED) is 0.805. The van der Waals surface area contributed by atoms with Crippen molar-refractivity contribution in [2.75, 3.05) is 18.8 Å². The lowest BCUT2D eigenvalue weighted by Crippen LogP contribution is -2.55. The van der Waals surface area contributed by atoms with E-state index in [4.69, 9.17) is 0 Å². The molecule has 0 saturated carbocycles. The van der Waals surface area contributed by atoms with Gasteiger partial charge in [-0.3, -0.25) is 4.79 Å². The molecule has 3 rings (SSSR count). The number of hydrogen-bond acceptors (Lipinski definition) is 5. The fourth-order valence-corrected chi connectivity index (χ4v) is 4.11. The molecule has 1 aliphatic rings. The number of carbonyl (C=O) groups excluding carboxylic acids is 1. The Balaban J connectivity index is 1.57. The standard InChI is InChI=1S/C20H26N2O3S/c1-13-4-5-16-15(10-13)14(2)11-18(21-16)26-9-6-19(24)22-8-7-20(3,25)17(23)12-22/h4-5,10-11,17,23,25H,6-9,12H2,1-3H3/t17-,20+/m0/s1. The van der Waals surface area contributed by atoms with Crippen molar-refractivity contribution in [2.45, 2.75) is 50.3 Å². The second-order valence-electron chi connectivity index (χ2n) is 7.36. The van der Waals surface area contributed by atoms with E-state index >= 15 is 0 Å². The lowest BCUT2D eigenvalue weighted by Gasteiger charge is -2.39. The van der Waals surface area contributed by atoms with Crippen molar-refractivity contribution in [3.05, 3.63) is 35.4 Å². The highest BCUT2D eigenvalue weighted by molar-refractivity contribution is 7.99. The summed E-state index contributed by atoms with van der Waals surface area (Å²) in [4.78, 5) is 18.7. The van der Waals surface area contributed by atoms with Gasteiger partial charge in [-0.05, 0) is 51.0 Å². The average Bonchev–Trinajstić information content (AvgIpc) is 2.58. The van der Waals surface area contributed by atoms with E-state index in [9.17, 15) is 15.0 Å². The molecule has 2 N–H and O–H groups in total. The first-order chi connectivity index (χ1) is 12.3. The van der Waals surface area contributed by atoms with Crippen molar-refractivity contribution in [1.29, 1.82) is 0 Å². The number of piperidine rings is 1. The van der Waals surface area contributed by atoms with Gasteiger partial charge in [0, 0.05) is 30.6 Å². The van der Waals surface area contributed by atoms with Crippen LogP contribution in [0.4, 0.5) is 0 Å². The Morgan fingerprint density at radius 2 is 2.15 bits per heavy atom. The Kier molecular flexibility index (Phi) is 5.55. The zero-order valence-corrected chi connectivity index (χ0v) is 16.3. The summed E-state index contributed by atoms with van der Waals surface area (Å²) in [6, 6.07) is 8.31. The number of aliphatic hydroxyl groups is 2. The monoisotopic (exact) mass is 374 g/mol. The van der Waals surface area contributed by atoms with E-state index in [1.165, 1.54) is 16.5 Å². The van der Waals surface area contributed by atoms with Crippen LogP contribution in [0.5, 0.6) is 0 Å². The molecule has 0 radical (unpaired) electrons. The molecule has 1 aromatic carbocycles. The molecule has 1 aliphatic heterocycles. The summed E-state index contributed by atoms with van der Waals surface area (Å²) in [5.74, 6) is 0.659. The van der Waals surface area contributed by atoms with E-state index in [0.717, 1.165) is 10.5 Å². The van der Waals surface area contributed by atoms with Crippen LogP contribution in [0.2, 0.25) is 0 Å². The summed E-state index contributed by atoms with van der Waals surface area (Å²) in [7, 11) is 0. The van der Waals surface area contributed by atoms with Crippen LogP contribution in [-0.4, -0.2) is 56.6 Å². The zero-order chi connectivity index (χ0) is 18.9. The summed E-state index contributed by atoms with van der Waals surface area (Å²) in [5.41, 5.74) is 2.28. The minimum absolute atomic E-state index is 0.0141. The summed E-state index contributed by atoms with van der Waals surface area (Å²) < 4.78 is 0. The maximum Gasteiger partial charge on any atom is 0.223 e. The van der Waals surface area contributed by atoms with Crippen molar-refractivity contribution in [2.24, 2.45) is 0 Å². The fraction of sp³-hybridized carbons (Fsp3) is 0.500. The first kappa shape index (κ1) is 19.1. The van der Waals surface area contributed by atoms with Crippen molar-refractivity contribution in [3.63, 3.8) is 0 Å². The smallest absolute Gasteiger partial charge is 0.223 e. The van der Waals surface area contributed by atoms with Crippen LogP contribution in [0.3, 0.4) is 0 Å². The van der Waals surface area contributed by atoms with E-state index in [-0.39, 0.29) is 12.5 Å². The predicted molar refractivity (Wildman–Crippen MR) is 104 cm³/mol. The maximum atomic E-state index is 12.4. The Bertz CT molecular complexity index is 822. The van der Waals surface area contributed by atoms with E-state index < -0.39 is 11.7 Å². The Morgan fingerprint density at radius 3 is 2.88 bits per heavy atom. The number of benzene rings is 1. The van der Waals surface area contributed by atoms with Gasteiger partial charge in [-0.25, -0.2) is 4.98 Å². The molecule has 2 atom stereocenters. The van der Waals surface area contributed by atoms with Crippen LogP contribution in [-0.2, 0) is 4.79 Å². The van der Waals surface area contributed by atoms with Crippen molar-refractivity contribution in [3.8, 4) is 0 Å². The van der Waals surface area contributed by atoms with Gasteiger partial charge in [-0.15, -0.1) is 11.8 Å². The minimum atomic E-state index is -1.10. The topological polar surface area (TPSA) is 73.7 Å². The lowest BCUT2D eigenvalue weighted by molar-refractivity contribution is -0.145. The molecule has 1 aromatic heterocycles. The number of aliphatic hydroxyl groups excluding tert-OH is 1. The lowest BCUT2D eigenvalue weighted by atomic mass is 9.91. The second-order valence-corrected chi connectivity index (χ2v) is 8.47. The number of β-amino-alcohol motifs (C(OH)–C–C–N with tert-alkyl or cyclic N) is 1. The van der Waals surface area contributed by atoms with Crippen LogP contribution in [0.25, 0.3) is 10.9 Å². The average molecular weight is 375 g/mol. The first-order valence-corrected chi connectivity index (χ1v) is 9.94. The Hall–Kier alpha value is -1.63. The summed E-state index contributed by atoms with van der Waals surface area (Å²) in [6.07, 6.45) is -0.0921. The molecular weight excluding hydrogens is 348 g/mol. The van der Waals surface area contributed by atoms with Gasteiger partial charge in [0.1, 0.15) is 0 Å². The van der Waals surface area contributed by atoms with E-state index in [1.54, 1.807) is 23.6 Å². The number of thioether (sulfide) groups is 1. The predicted octanol–water partition coefficient (Wildman–Crippen LogP) is 2.68. The molecule has 1 fully saturated rings. The first-order valence-electron chi connectivity index (χ1n) is 8.95. The third kappa shape index (κ3) is 4.19. The Morgan fingerprint density at radius 1 is 1.38 bits per heavy atom. The van der Waals surface area contributed by atoms with Gasteiger partial charge in [0.15, 0.2) is 0 Å². The fourth-order valence-electron chi connectivity index (χ4n) is 3.20. The normalized spacial score (nSPS) is 23.4. The molecule has 6 heteroatoms. The molecule has 0 spiro atoms. The molecule has 26 heavy (non-hydrogen) atoms. The van der Waals surface area contributed by atoms with E-state index in [2.05, 4.69) is 37.0 Å². The number of rotatable bonds is 4. The van der Waals surface area contributed by atoms with Gasteiger partial charge in [0.25, 0.3) is 0 Å². The molecule has 2 heterocycles. The zero-order valence-electron chi connectivity index (χ0n) is 15.5. The van der Waals surface area contributed by atoms with Crippen LogP contribution in [0, 0.1) is 13.8 Å². The summed E-state index contributed by atoms with van der Waals surface area (Å²) in [5, 5.41) is 22.0. The van der Waals surface area contributed by atoms with Gasteiger partial charge in [0.05, 0.1) is 22.2 Å². The number of carbonyl (C=O) groups is 1. The molecule has 0 aliphatic carbocycles. The van der Waals surface area contributed by atoms with Crippen molar-refractivity contribution in [1.82, 2.24) is 9.88 Å². The molecule has 1 saturated heterocycles. The third-order valence-electron chi connectivity index (χ3n) is 5.07. The third-order valence-corrected chi connectivity index (χ3v) is 5.98. The highest BCUT2D eigenvalue weighted by Crippen LogP contribution is 2.26. The SMILES string of the molecule is Cc1ccc2nc(SCCC(=O)N3CC[C@@](C)(O)[C@@H](O)C3)cc(C)c2c1. The van der Waals surface area contributed by atoms with Crippen LogP contribution < -0.4 is 0 Å². The van der Waals surface area contributed by atoms with Gasteiger partial charge in [0.2, 0.25) is 5.91 Å². The van der Waals surface area contributed by atoms with Crippen LogP contribution >= 0.6 is 11.8 Å². The van der Waals surface area contributed by atoms with Gasteiger partial charge in [-0.2, -0.15) is 0 Å². The molecule has 140 valence electrons. The van der Waals surface area contributed by atoms with Crippen molar-refractivity contribution >= 4 is 28.6 Å². The molecule has 1 amide bonds. The molecule has 0 unspecified atom stereocenters. The van der Waals surface area contributed by atoms with Gasteiger partial charge >= 0.3 is 0 Å². The molecular formula is C20H26N2O3S. The van der Waals surface area contributed by atoms with Crippen LogP contribution in [0.1, 0.15) is 30.9 Å². The minimum Gasteiger partial charge on any atom is -0.388 e. The molecule has 5 nitrogen and oxygen atoms in total. The van der Waals surface area contributed by atoms with E-state index in [0.29, 0.717) is 25.1 Å². The highest BCUT2D eigenvalue weighted by atomic mass is 32.2. The molecule has 0 bridgehead atoms. The number of fused-ring (bicyclic) bond motifs is 1. The number of aromatic nitrogens is 1. The summed E-state index contributed by atoms with van der Waals surface area (Å²) in [6.45, 7) is 6.46. The van der Waals surface area contributed by atoms with Gasteiger partial charge in [-0.1, -0.05) is 11.6 Å². The highest BCUT2D eigenvalue weighted by Gasteiger charge is 2.37. The van der Waals surface area contributed by atoms with E-state index in [1.807, 2.05) is 6.07 Å². The number of pyridine rings is 1. The molecule has 2 aromatic rings. The van der Waals surface area contributed by atoms with Crippen molar-refractivity contribution < 1.29 is 15.0 Å². The van der Waals surface area contributed by atoms with Gasteiger partial charge < -0.3 is 15.1 Å². The number of likely N-dealkylation sites (tertiary alicyclic amines) is 1. The Labute approximate surface area is 158 Å². The number of hydrogen-bond donors (Lipinski definition) is 2. The number of nitrogens with zero attached hydrogens (tertiary/aromatic N) is 2. The second kappa shape index (κ2) is 7.55. The maximum absolute atomic E-state index is 12.4.